The van der Waals surface area contributed by atoms with Gasteiger partial charge in [-0.3, -0.25) is 0 Å². The van der Waals surface area contributed by atoms with Gasteiger partial charge in [-0.1, -0.05) is 0 Å². The molecule has 0 atom stereocenters. The van der Waals surface area contributed by atoms with Crippen LogP contribution in [0.4, 0.5) is 0 Å². The zero-order chi connectivity index (χ0) is 8.88. The Bertz CT molecular complexity index is 390. The van der Waals surface area contributed by atoms with Crippen molar-refractivity contribution in [1.82, 2.24) is 9.97 Å². The topological polar surface area (TPSA) is 31.6 Å². The molecule has 0 aromatic carbocycles. The minimum atomic E-state index is 1.26. The molecular weight excluding hydrogens is 148 g/mol. The summed E-state index contributed by atoms with van der Waals surface area (Å²) in [5.74, 6) is 0. The lowest BCUT2D eigenvalue weighted by Crippen LogP contribution is -1.78. The summed E-state index contributed by atoms with van der Waals surface area (Å²) in [6.45, 7) is 8.50. The maximum absolute atomic E-state index is 3.38. The minimum absolute atomic E-state index is 1.26. The van der Waals surface area contributed by atoms with Gasteiger partial charge in [0, 0.05) is 11.4 Å². The van der Waals surface area contributed by atoms with Gasteiger partial charge in [0.15, 0.2) is 0 Å². The van der Waals surface area contributed by atoms with E-state index in [1.165, 1.54) is 33.5 Å². The minimum Gasteiger partial charge on any atom is -0.357 e. The van der Waals surface area contributed by atoms with E-state index < -0.39 is 0 Å². The van der Waals surface area contributed by atoms with Crippen molar-refractivity contribution in [2.45, 2.75) is 27.7 Å². The smallest absolute Gasteiger partial charge is 0.0671 e. The van der Waals surface area contributed by atoms with E-state index in [0.717, 1.165) is 0 Å². The zero-order valence-corrected chi connectivity index (χ0v) is 8.00. The predicted octanol–water partition coefficient (Wildman–Crippen LogP) is 2.73. The summed E-state index contributed by atoms with van der Waals surface area (Å²) in [6, 6.07) is 0. The Labute approximate surface area is 72.0 Å². The number of nitrogens with one attached hydrogen (secondary N) is 2. The van der Waals surface area contributed by atoms with Gasteiger partial charge in [-0.2, -0.15) is 0 Å². The van der Waals surface area contributed by atoms with Gasteiger partial charge in [0.1, 0.15) is 0 Å². The second-order valence-electron chi connectivity index (χ2n) is 3.50. The van der Waals surface area contributed by atoms with Crippen LogP contribution >= 0.6 is 0 Å². The molecule has 0 spiro atoms. The summed E-state index contributed by atoms with van der Waals surface area (Å²) in [5, 5.41) is 0. The number of aryl methyl sites for hydroxylation is 4. The molecule has 0 bridgehead atoms. The highest BCUT2D eigenvalue weighted by molar-refractivity contribution is 5.85. The molecule has 0 unspecified atom stereocenters. The normalized spacial score (nSPS) is 11.3. The molecule has 12 heavy (non-hydrogen) atoms. The highest BCUT2D eigenvalue weighted by atomic mass is 14.8. The van der Waals surface area contributed by atoms with Crippen molar-refractivity contribution in [2.24, 2.45) is 0 Å². The first-order valence-electron chi connectivity index (χ1n) is 4.25. The van der Waals surface area contributed by atoms with Crippen molar-refractivity contribution in [3.63, 3.8) is 0 Å². The molecule has 0 radical (unpaired) electrons. The van der Waals surface area contributed by atoms with Crippen LogP contribution in [0.15, 0.2) is 0 Å². The van der Waals surface area contributed by atoms with Crippen molar-refractivity contribution in [3.8, 4) is 0 Å². The number of hydrogen-bond acceptors (Lipinski definition) is 0. The molecule has 0 aliphatic heterocycles. The van der Waals surface area contributed by atoms with E-state index in [0.29, 0.717) is 0 Å². The second kappa shape index (κ2) is 2.16. The van der Waals surface area contributed by atoms with Gasteiger partial charge in [-0.05, 0) is 38.8 Å². The predicted molar refractivity (Wildman–Crippen MR) is 51.6 cm³/mol. The molecule has 2 aromatic rings. The fourth-order valence-corrected chi connectivity index (χ4v) is 1.62. The van der Waals surface area contributed by atoms with Crippen molar-refractivity contribution in [3.05, 3.63) is 22.5 Å². The van der Waals surface area contributed by atoms with Crippen LogP contribution in [0, 0.1) is 27.7 Å². The first-order valence-corrected chi connectivity index (χ1v) is 4.25. The fraction of sp³-hybridized carbons (Fsp3) is 0.400. The Morgan fingerprint density at radius 2 is 1.00 bits per heavy atom. The first-order chi connectivity index (χ1) is 5.61. The molecule has 0 fully saturated rings. The summed E-state index contributed by atoms with van der Waals surface area (Å²) >= 11 is 0. The van der Waals surface area contributed by atoms with Crippen LogP contribution in [-0.4, -0.2) is 9.97 Å². The summed E-state index contributed by atoms with van der Waals surface area (Å²) < 4.78 is 0. The SMILES string of the molecule is Cc1[nH]c2c(C)c(C)[nH]c2c1C. The fourth-order valence-electron chi connectivity index (χ4n) is 1.62. The van der Waals surface area contributed by atoms with Gasteiger partial charge in [0.2, 0.25) is 0 Å². The summed E-state index contributed by atoms with van der Waals surface area (Å²) in [4.78, 5) is 6.77. The Morgan fingerprint density at radius 1 is 0.667 bits per heavy atom. The Morgan fingerprint density at radius 3 is 1.33 bits per heavy atom. The van der Waals surface area contributed by atoms with E-state index in [9.17, 15) is 0 Å². The lowest BCUT2D eigenvalue weighted by molar-refractivity contribution is 1.20. The van der Waals surface area contributed by atoms with Crippen LogP contribution < -0.4 is 0 Å². The molecule has 2 heterocycles. The molecule has 2 nitrogen and oxygen atoms in total. The number of fused-ring (bicyclic) bond motifs is 1. The Kier molecular flexibility index (Phi) is 1.34. The number of rotatable bonds is 0. The average Bonchev–Trinajstić information content (AvgIpc) is 2.43. The van der Waals surface area contributed by atoms with Crippen LogP contribution in [0.5, 0.6) is 0 Å². The van der Waals surface area contributed by atoms with Crippen LogP contribution in [0.2, 0.25) is 0 Å². The summed E-state index contributed by atoms with van der Waals surface area (Å²) in [5.41, 5.74) is 7.73. The van der Waals surface area contributed by atoms with Crippen LogP contribution in [0.25, 0.3) is 11.0 Å². The van der Waals surface area contributed by atoms with Gasteiger partial charge >= 0.3 is 0 Å². The maximum Gasteiger partial charge on any atom is 0.0671 e. The first kappa shape index (κ1) is 7.47. The van der Waals surface area contributed by atoms with Gasteiger partial charge < -0.3 is 9.97 Å². The molecule has 0 aliphatic carbocycles. The summed E-state index contributed by atoms with van der Waals surface area (Å²) in [7, 11) is 0. The molecule has 2 aromatic heterocycles. The molecule has 0 saturated carbocycles. The zero-order valence-electron chi connectivity index (χ0n) is 8.00. The highest BCUT2D eigenvalue weighted by Crippen LogP contribution is 2.25. The molecule has 64 valence electrons. The van der Waals surface area contributed by atoms with E-state index in [1.807, 2.05) is 0 Å². The van der Waals surface area contributed by atoms with Crippen molar-refractivity contribution < 1.29 is 0 Å². The lowest BCUT2D eigenvalue weighted by atomic mass is 10.2. The average molecular weight is 162 g/mol. The molecule has 2 N–H and O–H groups in total. The van der Waals surface area contributed by atoms with Gasteiger partial charge in [-0.15, -0.1) is 0 Å². The highest BCUT2D eigenvalue weighted by Gasteiger charge is 2.09. The lowest BCUT2D eigenvalue weighted by Gasteiger charge is -1.90. The van der Waals surface area contributed by atoms with Crippen molar-refractivity contribution in [1.29, 1.82) is 0 Å². The second-order valence-corrected chi connectivity index (χ2v) is 3.50. The quantitative estimate of drug-likeness (QED) is 0.597. The molecule has 0 saturated heterocycles. The van der Waals surface area contributed by atoms with Crippen LogP contribution in [0.3, 0.4) is 0 Å². The van der Waals surface area contributed by atoms with Crippen molar-refractivity contribution in [2.75, 3.05) is 0 Å². The maximum atomic E-state index is 3.38. The number of hydrogen-bond donors (Lipinski definition) is 2. The number of aromatic nitrogens is 2. The Balaban J connectivity index is 2.93. The van der Waals surface area contributed by atoms with E-state index in [2.05, 4.69) is 37.7 Å². The molecule has 0 aliphatic rings. The van der Waals surface area contributed by atoms with E-state index in [1.54, 1.807) is 0 Å². The molecule has 2 rings (SSSR count). The van der Waals surface area contributed by atoms with Gasteiger partial charge in [-0.25, -0.2) is 0 Å². The summed E-state index contributed by atoms with van der Waals surface area (Å²) in [6.07, 6.45) is 0. The third kappa shape index (κ3) is 0.750. The van der Waals surface area contributed by atoms with E-state index in [4.69, 9.17) is 0 Å². The van der Waals surface area contributed by atoms with E-state index in [-0.39, 0.29) is 0 Å². The molecule has 2 heteroatoms. The van der Waals surface area contributed by atoms with Crippen LogP contribution in [0.1, 0.15) is 22.5 Å². The third-order valence-electron chi connectivity index (χ3n) is 2.75. The molecular formula is C10H14N2. The standard InChI is InChI=1S/C10H14N2/c1-5-7(3)11-10-6(2)8(4)12-9(5)10/h11-12H,1-4H3. The van der Waals surface area contributed by atoms with Crippen LogP contribution in [-0.2, 0) is 0 Å². The van der Waals surface area contributed by atoms with Gasteiger partial charge in [0.25, 0.3) is 0 Å². The molecule has 0 amide bonds. The monoisotopic (exact) mass is 162 g/mol. The van der Waals surface area contributed by atoms with E-state index >= 15 is 0 Å². The largest absolute Gasteiger partial charge is 0.357 e. The van der Waals surface area contributed by atoms with Gasteiger partial charge in [0.05, 0.1) is 11.0 Å². The third-order valence-corrected chi connectivity index (χ3v) is 2.75. The number of H-pyrrole nitrogens is 2. The van der Waals surface area contributed by atoms with Crippen molar-refractivity contribution >= 4 is 11.0 Å². The number of aromatic amines is 2. The Hall–Kier alpha value is -1.18.